The summed E-state index contributed by atoms with van der Waals surface area (Å²) in [5, 5.41) is 3.93. The summed E-state index contributed by atoms with van der Waals surface area (Å²) in [5.74, 6) is 0. The monoisotopic (exact) mass is 86.1 g/mol. The number of unbranched alkanes of at least 4 members (excludes halogenated alkanes) is 1. The molecule has 0 saturated carbocycles. The van der Waals surface area contributed by atoms with Crippen molar-refractivity contribution in [2.24, 2.45) is 0 Å². The van der Waals surface area contributed by atoms with E-state index in [0.717, 1.165) is 6.54 Å². The maximum atomic E-state index is 3.93. The summed E-state index contributed by atoms with van der Waals surface area (Å²) in [6.07, 6.45) is 2.51. The first-order valence-electron chi connectivity index (χ1n) is 2.47. The highest BCUT2D eigenvalue weighted by atomic mass is 14.8. The number of hydrogen-bond acceptors (Lipinski definition) is 0. The van der Waals surface area contributed by atoms with Crippen LogP contribution in [-0.2, 0) is 0 Å². The molecule has 0 bridgehead atoms. The largest absolute Gasteiger partial charge is 0.245 e. The van der Waals surface area contributed by atoms with Gasteiger partial charge in [-0.05, 0) is 6.42 Å². The van der Waals surface area contributed by atoms with Gasteiger partial charge in [0.25, 0.3) is 0 Å². The Labute approximate surface area is 39.7 Å². The molecular weight excluding hydrogens is 74.1 g/mol. The van der Waals surface area contributed by atoms with Crippen LogP contribution in [0.3, 0.4) is 0 Å². The molecule has 0 N–H and O–H groups in total. The van der Waals surface area contributed by atoms with Gasteiger partial charge in [0, 0.05) is 13.6 Å². The minimum atomic E-state index is 1.04. The van der Waals surface area contributed by atoms with Gasteiger partial charge >= 0.3 is 0 Å². The first-order chi connectivity index (χ1) is 2.91. The van der Waals surface area contributed by atoms with E-state index in [2.05, 4.69) is 12.2 Å². The van der Waals surface area contributed by atoms with Gasteiger partial charge < -0.3 is 0 Å². The van der Waals surface area contributed by atoms with Crippen LogP contribution in [0.1, 0.15) is 19.8 Å². The number of hydrogen-bond donors (Lipinski definition) is 0. The van der Waals surface area contributed by atoms with Gasteiger partial charge in [-0.3, -0.25) is 0 Å². The van der Waals surface area contributed by atoms with E-state index in [-0.39, 0.29) is 0 Å². The molecule has 0 aliphatic rings. The van der Waals surface area contributed by atoms with Crippen molar-refractivity contribution in [3.63, 3.8) is 0 Å². The lowest BCUT2D eigenvalue weighted by Crippen LogP contribution is -1.96. The summed E-state index contributed by atoms with van der Waals surface area (Å²) in [5.41, 5.74) is 0. The Morgan fingerprint density at radius 1 is 1.50 bits per heavy atom. The second-order valence-corrected chi connectivity index (χ2v) is 1.39. The van der Waals surface area contributed by atoms with Gasteiger partial charge in [-0.1, -0.05) is 13.3 Å². The highest BCUT2D eigenvalue weighted by Gasteiger charge is 1.75. The highest BCUT2D eigenvalue weighted by molar-refractivity contribution is 4.34. The van der Waals surface area contributed by atoms with Crippen molar-refractivity contribution in [2.45, 2.75) is 19.8 Å². The average molecular weight is 86.2 g/mol. The Morgan fingerprint density at radius 3 is 2.33 bits per heavy atom. The molecule has 0 aromatic heterocycles. The molecule has 1 radical (unpaired) electrons. The molecule has 1 heteroatoms. The predicted octanol–water partition coefficient (Wildman–Crippen LogP) is 1.02. The van der Waals surface area contributed by atoms with Crippen molar-refractivity contribution in [1.29, 1.82) is 0 Å². The minimum Gasteiger partial charge on any atom is -0.245 e. The van der Waals surface area contributed by atoms with Crippen molar-refractivity contribution >= 4 is 0 Å². The van der Waals surface area contributed by atoms with Crippen molar-refractivity contribution < 1.29 is 0 Å². The van der Waals surface area contributed by atoms with Gasteiger partial charge in [-0.2, -0.15) is 0 Å². The summed E-state index contributed by atoms with van der Waals surface area (Å²) in [6, 6.07) is 0. The summed E-state index contributed by atoms with van der Waals surface area (Å²) >= 11 is 0. The van der Waals surface area contributed by atoms with E-state index in [9.17, 15) is 0 Å². The van der Waals surface area contributed by atoms with E-state index in [1.165, 1.54) is 12.8 Å². The Bertz CT molecular complexity index is 15.9. The second kappa shape index (κ2) is 4.96. The smallest absolute Gasteiger partial charge is 0.0130 e. The molecule has 0 spiro atoms. The van der Waals surface area contributed by atoms with Gasteiger partial charge in [0.15, 0.2) is 0 Å². The molecule has 1 nitrogen and oxygen atoms in total. The average Bonchev–Trinajstić information content (AvgIpc) is 1.61. The normalized spacial score (nSPS) is 9.00. The standard InChI is InChI=1S/C5H12N/c1-3-4-5-6-2/h3-5H2,1-2H3. The Hall–Kier alpha value is -0.0400. The molecule has 0 atom stereocenters. The molecular formula is C5H12N. The lowest BCUT2D eigenvalue weighted by molar-refractivity contribution is 0.701. The van der Waals surface area contributed by atoms with Gasteiger partial charge in [0.1, 0.15) is 0 Å². The zero-order chi connectivity index (χ0) is 4.83. The maximum Gasteiger partial charge on any atom is 0.0130 e. The van der Waals surface area contributed by atoms with Crippen LogP contribution in [0.2, 0.25) is 0 Å². The summed E-state index contributed by atoms with van der Waals surface area (Å²) < 4.78 is 0. The molecule has 0 unspecified atom stereocenters. The van der Waals surface area contributed by atoms with Crippen molar-refractivity contribution in [2.75, 3.05) is 13.6 Å². The molecule has 0 rings (SSSR count). The molecule has 0 aliphatic carbocycles. The molecule has 6 heavy (non-hydrogen) atoms. The van der Waals surface area contributed by atoms with E-state index in [0.29, 0.717) is 0 Å². The van der Waals surface area contributed by atoms with Crippen LogP contribution in [0.5, 0.6) is 0 Å². The predicted molar refractivity (Wildman–Crippen MR) is 27.8 cm³/mol. The Balaban J connectivity index is 2.34. The third-order valence-electron chi connectivity index (χ3n) is 0.735. The first kappa shape index (κ1) is 5.96. The lowest BCUT2D eigenvalue weighted by atomic mass is 10.3. The fourth-order valence-corrected chi connectivity index (χ4v) is 0.316. The van der Waals surface area contributed by atoms with Crippen LogP contribution in [-0.4, -0.2) is 13.6 Å². The summed E-state index contributed by atoms with van der Waals surface area (Å²) in [4.78, 5) is 0. The molecule has 0 heterocycles. The van der Waals surface area contributed by atoms with Crippen LogP contribution >= 0.6 is 0 Å². The van der Waals surface area contributed by atoms with Crippen LogP contribution < -0.4 is 5.32 Å². The van der Waals surface area contributed by atoms with Gasteiger partial charge in [0.2, 0.25) is 0 Å². The highest BCUT2D eigenvalue weighted by Crippen LogP contribution is 1.80. The van der Waals surface area contributed by atoms with Crippen molar-refractivity contribution in [3.8, 4) is 0 Å². The topological polar surface area (TPSA) is 14.1 Å². The number of rotatable bonds is 3. The van der Waals surface area contributed by atoms with Gasteiger partial charge in [0.05, 0.1) is 0 Å². The van der Waals surface area contributed by atoms with E-state index < -0.39 is 0 Å². The van der Waals surface area contributed by atoms with Crippen LogP contribution in [0.25, 0.3) is 0 Å². The zero-order valence-electron chi connectivity index (χ0n) is 4.57. The van der Waals surface area contributed by atoms with Crippen LogP contribution in [0.4, 0.5) is 0 Å². The van der Waals surface area contributed by atoms with E-state index in [1.54, 1.807) is 0 Å². The van der Waals surface area contributed by atoms with Crippen LogP contribution in [0.15, 0.2) is 0 Å². The Morgan fingerprint density at radius 2 is 2.17 bits per heavy atom. The third-order valence-corrected chi connectivity index (χ3v) is 0.735. The van der Waals surface area contributed by atoms with E-state index >= 15 is 0 Å². The Kier molecular flexibility index (Phi) is 4.93. The van der Waals surface area contributed by atoms with E-state index in [4.69, 9.17) is 0 Å². The first-order valence-corrected chi connectivity index (χ1v) is 2.47. The third kappa shape index (κ3) is 3.96. The summed E-state index contributed by atoms with van der Waals surface area (Å²) in [6.45, 7) is 3.21. The van der Waals surface area contributed by atoms with Crippen molar-refractivity contribution in [3.05, 3.63) is 0 Å². The molecule has 0 fully saturated rings. The van der Waals surface area contributed by atoms with Gasteiger partial charge in [-0.15, -0.1) is 0 Å². The molecule has 0 aliphatic heterocycles. The SMILES string of the molecule is CCCC[N]C. The van der Waals surface area contributed by atoms with Gasteiger partial charge in [-0.25, -0.2) is 5.32 Å². The molecule has 0 saturated heterocycles. The number of nitrogens with zero attached hydrogens (tertiary/aromatic N) is 1. The fourth-order valence-electron chi connectivity index (χ4n) is 0.316. The molecule has 37 valence electrons. The van der Waals surface area contributed by atoms with Crippen molar-refractivity contribution in [1.82, 2.24) is 5.32 Å². The maximum absolute atomic E-state index is 3.93. The summed E-state index contributed by atoms with van der Waals surface area (Å²) in [7, 11) is 1.86. The van der Waals surface area contributed by atoms with Crippen LogP contribution in [0, 0.1) is 0 Å². The molecule has 0 aromatic rings. The lowest BCUT2D eigenvalue weighted by Gasteiger charge is -1.87. The second-order valence-electron chi connectivity index (χ2n) is 1.39. The zero-order valence-corrected chi connectivity index (χ0v) is 4.57. The minimum absolute atomic E-state index is 1.04. The quantitative estimate of drug-likeness (QED) is 0.455. The fraction of sp³-hybridized carbons (Fsp3) is 1.00. The van der Waals surface area contributed by atoms with E-state index in [1.807, 2.05) is 7.05 Å². The molecule has 0 aromatic carbocycles. The molecule has 0 amide bonds.